The molecule has 1 saturated heterocycles. The van der Waals surface area contributed by atoms with Crippen molar-refractivity contribution in [1.82, 2.24) is 10.2 Å². The average Bonchev–Trinajstić information content (AvgIpc) is 2.41. The van der Waals surface area contributed by atoms with Crippen LogP contribution in [0, 0.1) is 0 Å². The number of carbonyl (C=O) groups excluding carboxylic acids is 1. The maximum Gasteiger partial charge on any atom is 0.416 e. The predicted molar refractivity (Wildman–Crippen MR) is 69.6 cm³/mol. The standard InChI is InChI=1S/C13H14ClF3N2O/c14-11-2-1-10(13(15,16)17)7-9(11)8-12(20)19-5-3-18-4-6-19/h1-2,7,18H,3-6,8H2. The van der Waals surface area contributed by atoms with Crippen LogP contribution in [0.1, 0.15) is 11.1 Å². The summed E-state index contributed by atoms with van der Waals surface area (Å²) in [6.07, 6.45) is -4.54. The third-order valence-corrected chi connectivity index (χ3v) is 3.55. The van der Waals surface area contributed by atoms with Gasteiger partial charge < -0.3 is 10.2 Å². The highest BCUT2D eigenvalue weighted by atomic mass is 35.5. The number of rotatable bonds is 2. The molecule has 0 spiro atoms. The fourth-order valence-corrected chi connectivity index (χ4v) is 2.26. The first-order valence-electron chi connectivity index (χ1n) is 6.22. The summed E-state index contributed by atoms with van der Waals surface area (Å²) < 4.78 is 37.9. The minimum Gasteiger partial charge on any atom is -0.340 e. The van der Waals surface area contributed by atoms with Gasteiger partial charge in [0.1, 0.15) is 0 Å². The summed E-state index contributed by atoms with van der Waals surface area (Å²) in [7, 11) is 0. The summed E-state index contributed by atoms with van der Waals surface area (Å²) in [4.78, 5) is 13.7. The molecule has 1 aromatic rings. The molecule has 0 atom stereocenters. The SMILES string of the molecule is O=C(Cc1cc(C(F)(F)F)ccc1Cl)N1CCNCC1. The van der Waals surface area contributed by atoms with Crippen LogP contribution >= 0.6 is 11.6 Å². The Morgan fingerprint density at radius 2 is 1.95 bits per heavy atom. The van der Waals surface area contributed by atoms with E-state index in [1.54, 1.807) is 4.90 Å². The molecular weight excluding hydrogens is 293 g/mol. The van der Waals surface area contributed by atoms with Crippen molar-refractivity contribution in [3.05, 3.63) is 34.3 Å². The Morgan fingerprint density at radius 1 is 1.30 bits per heavy atom. The highest BCUT2D eigenvalue weighted by molar-refractivity contribution is 6.31. The van der Waals surface area contributed by atoms with E-state index >= 15 is 0 Å². The van der Waals surface area contributed by atoms with Crippen LogP contribution in [0.15, 0.2) is 18.2 Å². The van der Waals surface area contributed by atoms with Crippen LogP contribution in [0.3, 0.4) is 0 Å². The smallest absolute Gasteiger partial charge is 0.340 e. The summed E-state index contributed by atoms with van der Waals surface area (Å²) in [5.41, 5.74) is -0.574. The van der Waals surface area contributed by atoms with E-state index in [0.29, 0.717) is 26.2 Å². The Bertz CT molecular complexity index is 499. The van der Waals surface area contributed by atoms with E-state index in [0.717, 1.165) is 12.1 Å². The molecule has 1 N–H and O–H groups in total. The lowest BCUT2D eigenvalue weighted by Crippen LogP contribution is -2.46. The quantitative estimate of drug-likeness (QED) is 0.909. The minimum atomic E-state index is -4.43. The van der Waals surface area contributed by atoms with E-state index in [-0.39, 0.29) is 22.9 Å². The first-order valence-corrected chi connectivity index (χ1v) is 6.60. The normalized spacial score (nSPS) is 16.3. The molecule has 20 heavy (non-hydrogen) atoms. The number of carbonyl (C=O) groups is 1. The highest BCUT2D eigenvalue weighted by Crippen LogP contribution is 2.32. The summed E-state index contributed by atoms with van der Waals surface area (Å²) in [6.45, 7) is 2.52. The molecule has 3 nitrogen and oxygen atoms in total. The van der Waals surface area contributed by atoms with Gasteiger partial charge >= 0.3 is 6.18 Å². The second-order valence-electron chi connectivity index (χ2n) is 4.61. The van der Waals surface area contributed by atoms with Crippen molar-refractivity contribution >= 4 is 17.5 Å². The van der Waals surface area contributed by atoms with Crippen molar-refractivity contribution in [1.29, 1.82) is 0 Å². The lowest BCUT2D eigenvalue weighted by Gasteiger charge is -2.27. The maximum atomic E-state index is 12.6. The molecule has 0 aliphatic carbocycles. The molecule has 1 aliphatic rings. The van der Waals surface area contributed by atoms with E-state index in [9.17, 15) is 18.0 Å². The van der Waals surface area contributed by atoms with Gasteiger partial charge in [-0.3, -0.25) is 4.79 Å². The van der Waals surface area contributed by atoms with Crippen LogP contribution in [-0.4, -0.2) is 37.0 Å². The number of hydrogen-bond acceptors (Lipinski definition) is 2. The first-order chi connectivity index (χ1) is 9.38. The number of alkyl halides is 3. The fourth-order valence-electron chi connectivity index (χ4n) is 2.08. The van der Waals surface area contributed by atoms with Gasteiger partial charge in [0.2, 0.25) is 5.91 Å². The molecule has 110 valence electrons. The predicted octanol–water partition coefficient (Wildman–Crippen LogP) is 2.33. The van der Waals surface area contributed by atoms with Crippen molar-refractivity contribution in [2.24, 2.45) is 0 Å². The van der Waals surface area contributed by atoms with Gasteiger partial charge in [0.05, 0.1) is 12.0 Å². The molecule has 0 unspecified atom stereocenters. The first kappa shape index (κ1) is 15.1. The third kappa shape index (κ3) is 3.64. The van der Waals surface area contributed by atoms with Crippen molar-refractivity contribution in [3.8, 4) is 0 Å². The van der Waals surface area contributed by atoms with Crippen LogP contribution in [0.2, 0.25) is 5.02 Å². The molecule has 1 aromatic carbocycles. The van der Waals surface area contributed by atoms with E-state index in [1.165, 1.54) is 6.07 Å². The molecular formula is C13H14ClF3N2O. The largest absolute Gasteiger partial charge is 0.416 e. The summed E-state index contributed by atoms with van der Waals surface area (Å²) >= 11 is 5.88. The number of amides is 1. The van der Waals surface area contributed by atoms with Crippen molar-refractivity contribution in [3.63, 3.8) is 0 Å². The van der Waals surface area contributed by atoms with Gasteiger partial charge in [-0.25, -0.2) is 0 Å². The molecule has 1 aliphatic heterocycles. The van der Waals surface area contributed by atoms with Gasteiger partial charge in [-0.15, -0.1) is 0 Å². The van der Waals surface area contributed by atoms with Gasteiger partial charge in [0.15, 0.2) is 0 Å². The van der Waals surface area contributed by atoms with Crippen molar-refractivity contribution in [2.45, 2.75) is 12.6 Å². The molecule has 2 rings (SSSR count). The minimum absolute atomic E-state index is 0.108. The Labute approximate surface area is 119 Å². The fraction of sp³-hybridized carbons (Fsp3) is 0.462. The van der Waals surface area contributed by atoms with Gasteiger partial charge in [-0.2, -0.15) is 13.2 Å². The zero-order valence-corrected chi connectivity index (χ0v) is 11.4. The monoisotopic (exact) mass is 306 g/mol. The third-order valence-electron chi connectivity index (χ3n) is 3.18. The molecule has 0 aromatic heterocycles. The zero-order chi connectivity index (χ0) is 14.8. The number of nitrogens with one attached hydrogen (secondary N) is 1. The number of halogens is 4. The molecule has 0 bridgehead atoms. The van der Waals surface area contributed by atoms with Gasteiger partial charge in [-0.1, -0.05) is 11.6 Å². The van der Waals surface area contributed by atoms with Crippen LogP contribution in [0.25, 0.3) is 0 Å². The van der Waals surface area contributed by atoms with Crippen LogP contribution in [-0.2, 0) is 17.4 Å². The number of nitrogens with zero attached hydrogens (tertiary/aromatic N) is 1. The van der Waals surface area contributed by atoms with Crippen LogP contribution in [0.4, 0.5) is 13.2 Å². The Kier molecular flexibility index (Phi) is 4.55. The summed E-state index contributed by atoms with van der Waals surface area (Å²) in [5, 5.41) is 3.29. The van der Waals surface area contributed by atoms with Crippen LogP contribution in [0.5, 0.6) is 0 Å². The van der Waals surface area contributed by atoms with Gasteiger partial charge in [0.25, 0.3) is 0 Å². The molecule has 1 fully saturated rings. The van der Waals surface area contributed by atoms with E-state index in [4.69, 9.17) is 11.6 Å². The van der Waals surface area contributed by atoms with E-state index < -0.39 is 11.7 Å². The van der Waals surface area contributed by atoms with Crippen molar-refractivity contribution < 1.29 is 18.0 Å². The van der Waals surface area contributed by atoms with E-state index in [2.05, 4.69) is 5.32 Å². The van der Waals surface area contributed by atoms with E-state index in [1.807, 2.05) is 0 Å². The van der Waals surface area contributed by atoms with Gasteiger partial charge in [-0.05, 0) is 23.8 Å². The Balaban J connectivity index is 2.13. The number of hydrogen-bond donors (Lipinski definition) is 1. The lowest BCUT2D eigenvalue weighted by molar-refractivity contribution is -0.138. The number of benzene rings is 1. The molecule has 7 heteroatoms. The molecule has 1 heterocycles. The Hall–Kier alpha value is -1.27. The topological polar surface area (TPSA) is 32.3 Å². The highest BCUT2D eigenvalue weighted by Gasteiger charge is 2.31. The second-order valence-corrected chi connectivity index (χ2v) is 5.02. The lowest BCUT2D eigenvalue weighted by atomic mass is 10.1. The second kappa shape index (κ2) is 6.01. The van der Waals surface area contributed by atoms with Crippen LogP contribution < -0.4 is 5.32 Å². The molecule has 0 radical (unpaired) electrons. The molecule has 1 amide bonds. The number of piperazine rings is 1. The Morgan fingerprint density at radius 3 is 2.55 bits per heavy atom. The summed E-state index contributed by atoms with van der Waals surface area (Å²) in [5.74, 6) is -0.201. The maximum absolute atomic E-state index is 12.6. The van der Waals surface area contributed by atoms with Gasteiger partial charge in [0, 0.05) is 31.2 Å². The van der Waals surface area contributed by atoms with Crippen molar-refractivity contribution in [2.75, 3.05) is 26.2 Å². The molecule has 0 saturated carbocycles. The summed E-state index contributed by atoms with van der Waals surface area (Å²) in [6, 6.07) is 3.05. The zero-order valence-electron chi connectivity index (χ0n) is 10.6. The average molecular weight is 307 g/mol.